The molecule has 0 aromatic carbocycles. The zero-order chi connectivity index (χ0) is 13.1. The summed E-state index contributed by atoms with van der Waals surface area (Å²) in [6, 6.07) is 0. The van der Waals surface area contributed by atoms with Crippen molar-refractivity contribution >= 4 is 11.8 Å². The van der Waals surface area contributed by atoms with Gasteiger partial charge in [-0.05, 0) is 18.3 Å². The van der Waals surface area contributed by atoms with Crippen LogP contribution in [0.1, 0.15) is 59.3 Å². The average Bonchev–Trinajstić information content (AvgIpc) is 2.57. The summed E-state index contributed by atoms with van der Waals surface area (Å²) >= 11 is 0. The molecule has 0 aliphatic carbocycles. The van der Waals surface area contributed by atoms with Crippen molar-refractivity contribution in [2.24, 2.45) is 11.3 Å². The van der Waals surface area contributed by atoms with E-state index in [9.17, 15) is 9.59 Å². The van der Waals surface area contributed by atoms with Gasteiger partial charge in [-0.1, -0.05) is 40.0 Å². The summed E-state index contributed by atoms with van der Waals surface area (Å²) < 4.78 is 0. The second-order valence-corrected chi connectivity index (χ2v) is 5.51. The minimum absolute atomic E-state index is 0.00727. The van der Waals surface area contributed by atoms with E-state index in [4.69, 9.17) is 0 Å². The van der Waals surface area contributed by atoms with E-state index in [1.165, 1.54) is 17.7 Å². The highest BCUT2D eigenvalue weighted by molar-refractivity contribution is 6.03. The van der Waals surface area contributed by atoms with Crippen molar-refractivity contribution in [3.63, 3.8) is 0 Å². The Labute approximate surface area is 105 Å². The second kappa shape index (κ2) is 5.65. The third kappa shape index (κ3) is 2.88. The van der Waals surface area contributed by atoms with E-state index in [-0.39, 0.29) is 23.1 Å². The largest absolute Gasteiger partial charge is 0.285 e. The topological polar surface area (TPSA) is 37.4 Å². The van der Waals surface area contributed by atoms with Gasteiger partial charge in [-0.2, -0.15) is 0 Å². The van der Waals surface area contributed by atoms with Gasteiger partial charge in [-0.15, -0.1) is 0 Å². The molecule has 1 aliphatic heterocycles. The highest BCUT2D eigenvalue weighted by atomic mass is 16.2. The Morgan fingerprint density at radius 2 is 1.94 bits per heavy atom. The summed E-state index contributed by atoms with van der Waals surface area (Å²) in [7, 11) is 1.60. The van der Waals surface area contributed by atoms with Crippen molar-refractivity contribution in [3.8, 4) is 0 Å². The molecule has 2 atom stereocenters. The number of imide groups is 1. The quantitative estimate of drug-likeness (QED) is 0.528. The molecule has 17 heavy (non-hydrogen) atoms. The standard InChI is InChI=1S/C14H25NO2/c1-5-7-8-9-14(3,6-2)11-10-12(16)15(4)13(11)17/h11H,5-10H2,1-4H3. The number of carbonyl (C=O) groups excluding carboxylic acids is 2. The molecule has 0 N–H and O–H groups in total. The Balaban J connectivity index is 2.72. The molecule has 1 heterocycles. The van der Waals surface area contributed by atoms with Crippen LogP contribution in [0.4, 0.5) is 0 Å². The molecule has 0 aromatic rings. The van der Waals surface area contributed by atoms with Crippen LogP contribution in [0.25, 0.3) is 0 Å². The number of nitrogens with zero attached hydrogens (tertiary/aromatic N) is 1. The first kappa shape index (κ1) is 14.2. The van der Waals surface area contributed by atoms with Crippen LogP contribution in [0, 0.1) is 11.3 Å². The van der Waals surface area contributed by atoms with E-state index in [1.807, 2.05) is 0 Å². The predicted octanol–water partition coefficient (Wildman–Crippen LogP) is 2.99. The molecule has 3 heteroatoms. The number of unbranched alkanes of at least 4 members (excludes halogenated alkanes) is 2. The summed E-state index contributed by atoms with van der Waals surface area (Å²) in [5.41, 5.74) is -0.00727. The van der Waals surface area contributed by atoms with Crippen LogP contribution in [-0.2, 0) is 9.59 Å². The Morgan fingerprint density at radius 1 is 1.29 bits per heavy atom. The van der Waals surface area contributed by atoms with Gasteiger partial charge in [0, 0.05) is 13.5 Å². The van der Waals surface area contributed by atoms with E-state index in [0.717, 1.165) is 19.3 Å². The van der Waals surface area contributed by atoms with E-state index in [2.05, 4.69) is 20.8 Å². The zero-order valence-electron chi connectivity index (χ0n) is 11.6. The van der Waals surface area contributed by atoms with Crippen molar-refractivity contribution in [1.29, 1.82) is 0 Å². The fourth-order valence-electron chi connectivity index (χ4n) is 2.68. The van der Waals surface area contributed by atoms with Crippen LogP contribution in [0.3, 0.4) is 0 Å². The van der Waals surface area contributed by atoms with Crippen LogP contribution in [0.5, 0.6) is 0 Å². The Kier molecular flexibility index (Phi) is 4.72. The van der Waals surface area contributed by atoms with Crippen LogP contribution in [0.15, 0.2) is 0 Å². The number of amides is 2. The maximum Gasteiger partial charge on any atom is 0.233 e. The smallest absolute Gasteiger partial charge is 0.233 e. The summed E-state index contributed by atoms with van der Waals surface area (Å²) in [5, 5.41) is 0. The van der Waals surface area contributed by atoms with Gasteiger partial charge >= 0.3 is 0 Å². The number of hydrogen-bond acceptors (Lipinski definition) is 2. The first-order chi connectivity index (χ1) is 7.96. The molecule has 1 fully saturated rings. The van der Waals surface area contributed by atoms with Gasteiger partial charge in [-0.3, -0.25) is 14.5 Å². The van der Waals surface area contributed by atoms with Crippen molar-refractivity contribution in [3.05, 3.63) is 0 Å². The average molecular weight is 239 g/mol. The molecular formula is C14H25NO2. The number of likely N-dealkylation sites (tertiary alicyclic amines) is 1. The number of hydrogen-bond donors (Lipinski definition) is 0. The lowest BCUT2D eigenvalue weighted by Crippen LogP contribution is -2.34. The van der Waals surface area contributed by atoms with Crippen LogP contribution < -0.4 is 0 Å². The van der Waals surface area contributed by atoms with E-state index >= 15 is 0 Å². The Bertz CT molecular complexity index is 301. The van der Waals surface area contributed by atoms with Gasteiger partial charge < -0.3 is 0 Å². The van der Waals surface area contributed by atoms with E-state index in [1.54, 1.807) is 7.05 Å². The first-order valence-corrected chi connectivity index (χ1v) is 6.76. The van der Waals surface area contributed by atoms with Gasteiger partial charge in [0.15, 0.2) is 0 Å². The van der Waals surface area contributed by atoms with Gasteiger partial charge in [0.05, 0.1) is 5.92 Å². The monoisotopic (exact) mass is 239 g/mol. The number of carbonyl (C=O) groups is 2. The van der Waals surface area contributed by atoms with Crippen LogP contribution >= 0.6 is 0 Å². The normalized spacial score (nSPS) is 24.2. The van der Waals surface area contributed by atoms with Crippen molar-refractivity contribution in [2.75, 3.05) is 7.05 Å². The van der Waals surface area contributed by atoms with Gasteiger partial charge in [0.25, 0.3) is 0 Å². The summed E-state index contributed by atoms with van der Waals surface area (Å²) in [6.07, 6.45) is 5.98. The SMILES string of the molecule is CCCCCC(C)(CC)C1CC(=O)N(C)C1=O. The maximum atomic E-state index is 12.1. The maximum absolute atomic E-state index is 12.1. The molecular weight excluding hydrogens is 214 g/mol. The second-order valence-electron chi connectivity index (χ2n) is 5.51. The molecule has 3 nitrogen and oxygen atoms in total. The lowest BCUT2D eigenvalue weighted by Gasteiger charge is -2.33. The zero-order valence-corrected chi connectivity index (χ0v) is 11.6. The van der Waals surface area contributed by atoms with Crippen molar-refractivity contribution in [1.82, 2.24) is 4.90 Å². The fraction of sp³-hybridized carbons (Fsp3) is 0.857. The molecule has 0 saturated carbocycles. The van der Waals surface area contributed by atoms with Gasteiger partial charge in [-0.25, -0.2) is 0 Å². The fourth-order valence-corrected chi connectivity index (χ4v) is 2.68. The van der Waals surface area contributed by atoms with Gasteiger partial charge in [0.2, 0.25) is 11.8 Å². The lowest BCUT2D eigenvalue weighted by atomic mass is 9.70. The minimum Gasteiger partial charge on any atom is -0.285 e. The number of rotatable bonds is 6. The Morgan fingerprint density at radius 3 is 2.35 bits per heavy atom. The summed E-state index contributed by atoms with van der Waals surface area (Å²) in [5.74, 6) is -0.0899. The molecule has 0 spiro atoms. The van der Waals surface area contributed by atoms with Crippen LogP contribution in [0.2, 0.25) is 0 Å². The summed E-state index contributed by atoms with van der Waals surface area (Å²) in [6.45, 7) is 6.47. The summed E-state index contributed by atoms with van der Waals surface area (Å²) in [4.78, 5) is 25.0. The molecule has 0 bridgehead atoms. The minimum atomic E-state index is -0.0955. The molecule has 1 rings (SSSR count). The third-order valence-corrected chi connectivity index (χ3v) is 4.38. The van der Waals surface area contributed by atoms with Crippen LogP contribution in [-0.4, -0.2) is 23.8 Å². The highest BCUT2D eigenvalue weighted by Crippen LogP contribution is 2.42. The predicted molar refractivity (Wildman–Crippen MR) is 68.4 cm³/mol. The molecule has 2 unspecified atom stereocenters. The van der Waals surface area contributed by atoms with Crippen molar-refractivity contribution in [2.45, 2.75) is 59.3 Å². The Hall–Kier alpha value is -0.860. The van der Waals surface area contributed by atoms with Crippen molar-refractivity contribution < 1.29 is 9.59 Å². The molecule has 1 saturated heterocycles. The molecule has 0 aromatic heterocycles. The molecule has 2 amide bonds. The molecule has 1 aliphatic rings. The third-order valence-electron chi connectivity index (χ3n) is 4.38. The molecule has 0 radical (unpaired) electrons. The van der Waals surface area contributed by atoms with Gasteiger partial charge in [0.1, 0.15) is 0 Å². The van der Waals surface area contributed by atoms with E-state index in [0.29, 0.717) is 6.42 Å². The lowest BCUT2D eigenvalue weighted by molar-refractivity contribution is -0.139. The molecule has 98 valence electrons. The highest BCUT2D eigenvalue weighted by Gasteiger charge is 2.45. The first-order valence-electron chi connectivity index (χ1n) is 6.76. The van der Waals surface area contributed by atoms with E-state index < -0.39 is 0 Å².